The zero-order valence-electron chi connectivity index (χ0n) is 14.5. The molecule has 0 atom stereocenters. The minimum absolute atomic E-state index is 0.0447. The Morgan fingerprint density at radius 1 is 1.24 bits per heavy atom. The molecule has 1 aromatic carbocycles. The van der Waals surface area contributed by atoms with Crippen molar-refractivity contribution in [3.05, 3.63) is 34.3 Å². The van der Waals surface area contributed by atoms with Crippen LogP contribution in [0, 0.1) is 6.92 Å². The van der Waals surface area contributed by atoms with Gasteiger partial charge in [0.15, 0.2) is 0 Å². The number of nitrogens with zero attached hydrogens (tertiary/aromatic N) is 2. The van der Waals surface area contributed by atoms with Crippen LogP contribution in [0.1, 0.15) is 47.1 Å². The van der Waals surface area contributed by atoms with Gasteiger partial charge in [-0.15, -0.1) is 10.2 Å². The molecule has 7 nitrogen and oxygen atoms in total. The van der Waals surface area contributed by atoms with Gasteiger partial charge in [0.25, 0.3) is 5.91 Å². The SMILES string of the molecule is CCCCCc1nnc(NC(=O)c2cc(S(=O)(=O)NC)ccc2C)s1. The lowest BCUT2D eigenvalue weighted by Gasteiger charge is -2.08. The molecule has 0 aliphatic heterocycles. The van der Waals surface area contributed by atoms with Crippen molar-refractivity contribution in [1.29, 1.82) is 0 Å². The summed E-state index contributed by atoms with van der Waals surface area (Å²) in [5.41, 5.74) is 0.972. The molecule has 0 fully saturated rings. The van der Waals surface area contributed by atoms with Crippen LogP contribution >= 0.6 is 11.3 Å². The topological polar surface area (TPSA) is 101 Å². The Hall–Kier alpha value is -1.84. The molecule has 0 spiro atoms. The minimum atomic E-state index is -3.61. The van der Waals surface area contributed by atoms with Crippen molar-refractivity contribution in [3.8, 4) is 0 Å². The van der Waals surface area contributed by atoms with Gasteiger partial charge in [-0.3, -0.25) is 10.1 Å². The standard InChI is InChI=1S/C16H22N4O3S2/c1-4-5-6-7-14-19-20-16(24-14)18-15(21)13-10-12(9-8-11(13)2)25(22,23)17-3/h8-10,17H,4-7H2,1-3H3,(H,18,20,21). The number of benzene rings is 1. The van der Waals surface area contributed by atoms with Gasteiger partial charge in [-0.05, 0) is 38.1 Å². The highest BCUT2D eigenvalue weighted by atomic mass is 32.2. The lowest BCUT2D eigenvalue weighted by Crippen LogP contribution is -2.20. The van der Waals surface area contributed by atoms with E-state index in [-0.39, 0.29) is 4.90 Å². The van der Waals surface area contributed by atoms with Crippen LogP contribution < -0.4 is 10.0 Å². The molecule has 0 radical (unpaired) electrons. The van der Waals surface area contributed by atoms with E-state index < -0.39 is 15.9 Å². The van der Waals surface area contributed by atoms with Gasteiger partial charge in [0.1, 0.15) is 5.01 Å². The zero-order valence-corrected chi connectivity index (χ0v) is 16.1. The zero-order chi connectivity index (χ0) is 18.4. The fourth-order valence-electron chi connectivity index (χ4n) is 2.23. The van der Waals surface area contributed by atoms with E-state index in [1.165, 1.54) is 30.5 Å². The van der Waals surface area contributed by atoms with Crippen LogP contribution in [0.4, 0.5) is 5.13 Å². The number of aromatic nitrogens is 2. The van der Waals surface area contributed by atoms with E-state index in [0.29, 0.717) is 16.3 Å². The summed E-state index contributed by atoms with van der Waals surface area (Å²) in [7, 11) is -2.28. The summed E-state index contributed by atoms with van der Waals surface area (Å²) >= 11 is 1.34. The first-order chi connectivity index (χ1) is 11.9. The molecule has 136 valence electrons. The van der Waals surface area contributed by atoms with Crippen LogP contribution in [0.3, 0.4) is 0 Å². The fraction of sp³-hybridized carbons (Fsp3) is 0.438. The van der Waals surface area contributed by atoms with Crippen LogP contribution in [-0.4, -0.2) is 31.6 Å². The summed E-state index contributed by atoms with van der Waals surface area (Å²) in [4.78, 5) is 12.5. The third kappa shape index (κ3) is 5.07. The summed E-state index contributed by atoms with van der Waals surface area (Å²) < 4.78 is 26.1. The van der Waals surface area contributed by atoms with E-state index in [1.54, 1.807) is 13.0 Å². The Morgan fingerprint density at radius 2 is 2.00 bits per heavy atom. The average molecular weight is 383 g/mol. The Balaban J connectivity index is 2.14. The molecule has 2 N–H and O–H groups in total. The maximum absolute atomic E-state index is 12.5. The third-order valence-corrected chi connectivity index (χ3v) is 6.02. The van der Waals surface area contributed by atoms with E-state index in [0.717, 1.165) is 30.7 Å². The maximum Gasteiger partial charge on any atom is 0.257 e. The second-order valence-corrected chi connectivity index (χ2v) is 8.55. The number of aryl methyl sites for hydroxylation is 2. The molecule has 0 bridgehead atoms. The molecule has 2 aromatic rings. The van der Waals surface area contributed by atoms with Gasteiger partial charge < -0.3 is 0 Å². The first-order valence-electron chi connectivity index (χ1n) is 8.05. The molecule has 9 heteroatoms. The molecule has 1 aromatic heterocycles. The number of anilines is 1. The van der Waals surface area contributed by atoms with Crippen molar-refractivity contribution >= 4 is 32.4 Å². The summed E-state index contributed by atoms with van der Waals surface area (Å²) in [6, 6.07) is 4.43. The largest absolute Gasteiger partial charge is 0.296 e. The lowest BCUT2D eigenvalue weighted by molar-refractivity contribution is 0.102. The van der Waals surface area contributed by atoms with Crippen molar-refractivity contribution in [1.82, 2.24) is 14.9 Å². The molecule has 1 heterocycles. The van der Waals surface area contributed by atoms with Gasteiger partial charge in [0.2, 0.25) is 15.2 Å². The number of sulfonamides is 1. The number of carbonyl (C=O) groups is 1. The number of unbranched alkanes of at least 4 members (excludes halogenated alkanes) is 2. The first kappa shape index (κ1) is 19.5. The second-order valence-electron chi connectivity index (χ2n) is 5.60. The second kappa shape index (κ2) is 8.50. The molecule has 25 heavy (non-hydrogen) atoms. The highest BCUT2D eigenvalue weighted by molar-refractivity contribution is 7.89. The van der Waals surface area contributed by atoms with E-state index in [9.17, 15) is 13.2 Å². The van der Waals surface area contributed by atoms with E-state index in [2.05, 4.69) is 27.2 Å². The van der Waals surface area contributed by atoms with E-state index >= 15 is 0 Å². The predicted octanol–water partition coefficient (Wildman–Crippen LogP) is 2.74. The van der Waals surface area contributed by atoms with Crippen molar-refractivity contribution < 1.29 is 13.2 Å². The van der Waals surface area contributed by atoms with Crippen LogP contribution in [0.2, 0.25) is 0 Å². The van der Waals surface area contributed by atoms with Crippen molar-refractivity contribution in [2.45, 2.75) is 44.4 Å². The van der Waals surface area contributed by atoms with Crippen molar-refractivity contribution in [2.75, 3.05) is 12.4 Å². The molecular weight excluding hydrogens is 360 g/mol. The smallest absolute Gasteiger partial charge is 0.257 e. The summed E-state index contributed by atoms with van der Waals surface area (Å²) in [6.07, 6.45) is 4.15. The number of rotatable bonds is 8. The lowest BCUT2D eigenvalue weighted by atomic mass is 10.1. The number of hydrogen-bond acceptors (Lipinski definition) is 6. The molecule has 0 saturated carbocycles. The molecule has 2 rings (SSSR count). The molecule has 0 saturated heterocycles. The number of carbonyl (C=O) groups excluding carboxylic acids is 1. The average Bonchev–Trinajstić information content (AvgIpc) is 3.02. The monoisotopic (exact) mass is 382 g/mol. The fourth-order valence-corrected chi connectivity index (χ4v) is 3.76. The molecular formula is C16H22N4O3S2. The van der Waals surface area contributed by atoms with Gasteiger partial charge in [-0.1, -0.05) is 37.2 Å². The van der Waals surface area contributed by atoms with Crippen molar-refractivity contribution in [3.63, 3.8) is 0 Å². The number of amides is 1. The van der Waals surface area contributed by atoms with Gasteiger partial charge in [-0.25, -0.2) is 13.1 Å². The van der Waals surface area contributed by atoms with Gasteiger partial charge in [0, 0.05) is 12.0 Å². The molecule has 0 unspecified atom stereocenters. The normalized spacial score (nSPS) is 11.5. The van der Waals surface area contributed by atoms with Gasteiger partial charge in [0.05, 0.1) is 4.90 Å². The molecule has 0 aliphatic rings. The summed E-state index contributed by atoms with van der Waals surface area (Å²) in [5.74, 6) is -0.401. The number of hydrogen-bond donors (Lipinski definition) is 2. The Morgan fingerprint density at radius 3 is 2.68 bits per heavy atom. The van der Waals surface area contributed by atoms with Crippen LogP contribution in [0.15, 0.2) is 23.1 Å². The number of nitrogens with one attached hydrogen (secondary N) is 2. The summed E-state index contributed by atoms with van der Waals surface area (Å²) in [6.45, 7) is 3.89. The van der Waals surface area contributed by atoms with Crippen LogP contribution in [0.25, 0.3) is 0 Å². The quantitative estimate of drug-likeness (QED) is 0.684. The highest BCUT2D eigenvalue weighted by Gasteiger charge is 2.17. The van der Waals surface area contributed by atoms with Crippen molar-refractivity contribution in [2.24, 2.45) is 0 Å². The Bertz CT molecular complexity index is 847. The predicted molar refractivity (Wildman–Crippen MR) is 98.5 cm³/mol. The third-order valence-electron chi connectivity index (χ3n) is 3.71. The van der Waals surface area contributed by atoms with Crippen LogP contribution in [0.5, 0.6) is 0 Å². The van der Waals surface area contributed by atoms with Gasteiger partial charge in [-0.2, -0.15) is 0 Å². The highest BCUT2D eigenvalue weighted by Crippen LogP contribution is 2.20. The summed E-state index contributed by atoms with van der Waals surface area (Å²) in [5, 5.41) is 12.1. The Labute approximate surface area is 151 Å². The van der Waals surface area contributed by atoms with E-state index in [1.807, 2.05) is 0 Å². The molecule has 1 amide bonds. The molecule has 0 aliphatic carbocycles. The minimum Gasteiger partial charge on any atom is -0.296 e. The van der Waals surface area contributed by atoms with Gasteiger partial charge >= 0.3 is 0 Å². The van der Waals surface area contributed by atoms with Crippen LogP contribution in [-0.2, 0) is 16.4 Å². The Kier molecular flexibility index (Phi) is 6.63. The maximum atomic E-state index is 12.5. The first-order valence-corrected chi connectivity index (χ1v) is 10.3. The van der Waals surface area contributed by atoms with E-state index in [4.69, 9.17) is 0 Å².